The van der Waals surface area contributed by atoms with Crippen molar-refractivity contribution in [1.29, 1.82) is 5.26 Å². The van der Waals surface area contributed by atoms with Crippen LogP contribution in [0.15, 0.2) is 29.5 Å². The van der Waals surface area contributed by atoms with E-state index in [4.69, 9.17) is 0 Å². The van der Waals surface area contributed by atoms with Gasteiger partial charge in [-0.1, -0.05) is 6.92 Å². The summed E-state index contributed by atoms with van der Waals surface area (Å²) < 4.78 is 15.7. The van der Waals surface area contributed by atoms with Crippen molar-refractivity contribution in [2.45, 2.75) is 26.2 Å². The number of fused-ring (bicyclic) bond motifs is 1. The lowest BCUT2D eigenvalue weighted by molar-refractivity contribution is 0.0643. The van der Waals surface area contributed by atoms with Gasteiger partial charge in [-0.3, -0.25) is 14.6 Å². The van der Waals surface area contributed by atoms with Gasteiger partial charge in [0, 0.05) is 25.4 Å². The van der Waals surface area contributed by atoms with Crippen molar-refractivity contribution < 1.29 is 9.18 Å². The van der Waals surface area contributed by atoms with Gasteiger partial charge in [-0.05, 0) is 19.3 Å². The van der Waals surface area contributed by atoms with E-state index in [2.05, 4.69) is 21.3 Å². The first kappa shape index (κ1) is 17.9. The number of carbonyl (C=O) groups excluding carboxylic acids is 1. The quantitative estimate of drug-likeness (QED) is 0.737. The molecule has 0 spiro atoms. The second kappa shape index (κ2) is 6.60. The molecule has 1 aliphatic heterocycles. The molecule has 0 radical (unpaired) electrons. The van der Waals surface area contributed by atoms with E-state index in [0.29, 0.717) is 31.5 Å². The van der Waals surface area contributed by atoms with Crippen LogP contribution in [0.4, 0.5) is 4.39 Å². The van der Waals surface area contributed by atoms with E-state index in [0.717, 1.165) is 23.2 Å². The van der Waals surface area contributed by atoms with Crippen molar-refractivity contribution >= 4 is 11.4 Å². The number of amides is 1. The SMILES string of the molecule is CCC1(C#N)CCN(C(=O)c2cnn(-c3nn4cc(F)cc4c(=O)[nH]3)c2)CC1. The van der Waals surface area contributed by atoms with Crippen LogP contribution in [0.5, 0.6) is 0 Å². The maximum Gasteiger partial charge on any atom is 0.276 e. The zero-order valence-electron chi connectivity index (χ0n) is 15.2. The maximum atomic E-state index is 13.4. The number of halogens is 1. The molecular weight excluding hydrogens is 365 g/mol. The van der Waals surface area contributed by atoms with Crippen molar-refractivity contribution in [1.82, 2.24) is 29.3 Å². The molecule has 4 rings (SSSR count). The zero-order valence-corrected chi connectivity index (χ0v) is 15.2. The average Bonchev–Trinajstić information content (AvgIpc) is 3.34. The van der Waals surface area contributed by atoms with Gasteiger partial charge >= 0.3 is 0 Å². The number of carbonyl (C=O) groups is 1. The van der Waals surface area contributed by atoms with Crippen LogP contribution < -0.4 is 5.56 Å². The van der Waals surface area contributed by atoms with Crippen LogP contribution in [0.3, 0.4) is 0 Å². The van der Waals surface area contributed by atoms with Gasteiger partial charge in [0.2, 0.25) is 5.95 Å². The molecule has 9 nitrogen and oxygen atoms in total. The molecule has 0 atom stereocenters. The normalized spacial score (nSPS) is 16.2. The minimum atomic E-state index is -0.572. The fraction of sp³-hybridized carbons (Fsp3) is 0.389. The minimum Gasteiger partial charge on any atom is -0.338 e. The average molecular weight is 383 g/mol. The van der Waals surface area contributed by atoms with Gasteiger partial charge in [-0.25, -0.2) is 13.6 Å². The van der Waals surface area contributed by atoms with Crippen LogP contribution in [0.25, 0.3) is 11.5 Å². The van der Waals surface area contributed by atoms with Gasteiger partial charge in [-0.2, -0.15) is 10.4 Å². The minimum absolute atomic E-state index is 0.0697. The highest BCUT2D eigenvalue weighted by Crippen LogP contribution is 2.34. The van der Waals surface area contributed by atoms with Crippen LogP contribution in [0.1, 0.15) is 36.5 Å². The molecule has 3 aromatic heterocycles. The number of hydrogen-bond donors (Lipinski definition) is 1. The van der Waals surface area contributed by atoms with E-state index in [9.17, 15) is 19.2 Å². The molecular formula is C18H18FN7O2. The lowest BCUT2D eigenvalue weighted by Gasteiger charge is -2.36. The van der Waals surface area contributed by atoms with Crippen molar-refractivity contribution in [3.8, 4) is 12.0 Å². The molecule has 4 heterocycles. The Balaban J connectivity index is 1.56. The van der Waals surface area contributed by atoms with Gasteiger partial charge in [-0.15, -0.1) is 5.10 Å². The van der Waals surface area contributed by atoms with Gasteiger partial charge in [0.15, 0.2) is 0 Å². The number of nitriles is 1. The summed E-state index contributed by atoms with van der Waals surface area (Å²) in [7, 11) is 0. The van der Waals surface area contributed by atoms with E-state index in [1.807, 2.05) is 6.92 Å². The third-order valence-electron chi connectivity index (χ3n) is 5.40. The van der Waals surface area contributed by atoms with Crippen LogP contribution in [0.2, 0.25) is 0 Å². The molecule has 0 bridgehead atoms. The number of nitrogens with one attached hydrogen (secondary N) is 1. The zero-order chi connectivity index (χ0) is 19.9. The molecule has 1 fully saturated rings. The predicted molar refractivity (Wildman–Crippen MR) is 96.4 cm³/mol. The molecule has 3 aromatic rings. The first-order valence-corrected chi connectivity index (χ1v) is 8.98. The Kier molecular flexibility index (Phi) is 4.22. The van der Waals surface area contributed by atoms with Crippen molar-refractivity contribution in [2.24, 2.45) is 5.41 Å². The first-order valence-electron chi connectivity index (χ1n) is 8.98. The van der Waals surface area contributed by atoms with Crippen LogP contribution in [0, 0.1) is 22.6 Å². The van der Waals surface area contributed by atoms with Crippen LogP contribution >= 0.6 is 0 Å². The lowest BCUT2D eigenvalue weighted by atomic mass is 9.77. The Hall–Kier alpha value is -3.48. The second-order valence-electron chi connectivity index (χ2n) is 6.98. The Morgan fingerprint density at radius 2 is 2.14 bits per heavy atom. The molecule has 0 aliphatic carbocycles. The molecule has 0 aromatic carbocycles. The second-order valence-corrected chi connectivity index (χ2v) is 6.98. The van der Waals surface area contributed by atoms with Crippen LogP contribution in [-0.2, 0) is 0 Å². The van der Waals surface area contributed by atoms with Crippen molar-refractivity contribution in [3.05, 3.63) is 46.4 Å². The standard InChI is InChI=1S/C18H18FN7O2/c1-2-18(11-20)3-5-24(6-4-18)16(28)12-8-21-26(9-12)17-22-15(27)14-7-13(19)10-25(14)23-17/h7-10H,2-6H2,1H3,(H,22,23,27). The summed E-state index contributed by atoms with van der Waals surface area (Å²) in [5.41, 5.74) is -0.440. The third kappa shape index (κ3) is 2.94. The largest absolute Gasteiger partial charge is 0.338 e. The molecule has 1 amide bonds. The van der Waals surface area contributed by atoms with E-state index >= 15 is 0 Å². The number of aromatic nitrogens is 5. The van der Waals surface area contributed by atoms with E-state index in [1.165, 1.54) is 17.1 Å². The highest BCUT2D eigenvalue weighted by atomic mass is 19.1. The summed E-state index contributed by atoms with van der Waals surface area (Å²) in [4.78, 5) is 29.0. The lowest BCUT2D eigenvalue weighted by Crippen LogP contribution is -2.42. The number of likely N-dealkylation sites (tertiary alicyclic amines) is 1. The first-order chi connectivity index (χ1) is 13.4. The van der Waals surface area contributed by atoms with Crippen LogP contribution in [-0.4, -0.2) is 48.3 Å². The maximum absolute atomic E-state index is 13.4. The fourth-order valence-electron chi connectivity index (χ4n) is 3.48. The Morgan fingerprint density at radius 1 is 1.39 bits per heavy atom. The predicted octanol–water partition coefficient (Wildman–Crippen LogP) is 1.50. The third-order valence-corrected chi connectivity index (χ3v) is 5.40. The monoisotopic (exact) mass is 383 g/mol. The number of aromatic amines is 1. The number of nitrogens with zero attached hydrogens (tertiary/aromatic N) is 6. The number of rotatable bonds is 3. The van der Waals surface area contributed by atoms with Crippen molar-refractivity contribution in [2.75, 3.05) is 13.1 Å². The molecule has 1 N–H and O–H groups in total. The highest BCUT2D eigenvalue weighted by Gasteiger charge is 2.35. The molecule has 1 saturated heterocycles. The van der Waals surface area contributed by atoms with E-state index < -0.39 is 11.4 Å². The smallest absolute Gasteiger partial charge is 0.276 e. The molecule has 10 heteroatoms. The Morgan fingerprint density at radius 3 is 2.82 bits per heavy atom. The molecule has 28 heavy (non-hydrogen) atoms. The van der Waals surface area contributed by atoms with Gasteiger partial charge in [0.05, 0.1) is 29.4 Å². The molecule has 144 valence electrons. The highest BCUT2D eigenvalue weighted by molar-refractivity contribution is 5.93. The summed E-state index contributed by atoms with van der Waals surface area (Å²) in [5, 5.41) is 17.6. The Bertz CT molecular complexity index is 1140. The summed E-state index contributed by atoms with van der Waals surface area (Å²) in [6.07, 6.45) is 6.01. The fourth-order valence-corrected chi connectivity index (χ4v) is 3.48. The molecule has 0 unspecified atom stereocenters. The van der Waals surface area contributed by atoms with Crippen molar-refractivity contribution in [3.63, 3.8) is 0 Å². The van der Waals surface area contributed by atoms with Gasteiger partial charge in [0.25, 0.3) is 11.5 Å². The van der Waals surface area contributed by atoms with Gasteiger partial charge < -0.3 is 4.90 Å². The Labute approximate surface area is 159 Å². The summed E-state index contributed by atoms with van der Waals surface area (Å²) in [6, 6.07) is 3.47. The molecule has 0 saturated carbocycles. The topological polar surface area (TPSA) is 112 Å². The summed E-state index contributed by atoms with van der Waals surface area (Å²) in [5.74, 6) is -0.693. The summed E-state index contributed by atoms with van der Waals surface area (Å²) >= 11 is 0. The van der Waals surface area contributed by atoms with E-state index in [1.54, 1.807) is 4.90 Å². The summed E-state index contributed by atoms with van der Waals surface area (Å²) in [6.45, 7) is 3.01. The van der Waals surface area contributed by atoms with Gasteiger partial charge in [0.1, 0.15) is 11.3 Å². The number of piperidine rings is 1. The molecule has 1 aliphatic rings. The number of H-pyrrole nitrogens is 1. The van der Waals surface area contributed by atoms with E-state index in [-0.39, 0.29) is 22.8 Å². The number of hydrogen-bond acceptors (Lipinski definition) is 5.